The second-order valence-electron chi connectivity index (χ2n) is 6.33. The standard InChI is InChI=1S/C22H25N3/c1-5-19-11-9-10-16(2)22(19)25-17(3)14-20(18(25)4)15-23-24-21-12-7-6-8-13-21/h6-15,24H,5H2,1-4H3/b23-15-. The molecule has 3 aromatic rings. The molecular formula is C22H25N3. The smallest absolute Gasteiger partial charge is 0.0562 e. The summed E-state index contributed by atoms with van der Waals surface area (Å²) in [6, 6.07) is 18.7. The van der Waals surface area contributed by atoms with Crippen LogP contribution in [-0.4, -0.2) is 10.8 Å². The van der Waals surface area contributed by atoms with Crippen LogP contribution in [-0.2, 0) is 6.42 Å². The summed E-state index contributed by atoms with van der Waals surface area (Å²) in [5.41, 5.74) is 11.6. The van der Waals surface area contributed by atoms with Crippen LogP contribution in [0.3, 0.4) is 0 Å². The molecule has 1 N–H and O–H groups in total. The Balaban J connectivity index is 1.94. The number of hydrogen-bond acceptors (Lipinski definition) is 2. The molecule has 25 heavy (non-hydrogen) atoms. The number of nitrogens with one attached hydrogen (secondary N) is 1. The van der Waals surface area contributed by atoms with E-state index in [9.17, 15) is 0 Å². The normalized spacial score (nSPS) is 11.2. The van der Waals surface area contributed by atoms with Gasteiger partial charge < -0.3 is 4.57 Å². The number of aryl methyl sites for hydroxylation is 3. The number of aromatic nitrogens is 1. The van der Waals surface area contributed by atoms with E-state index in [1.165, 1.54) is 28.2 Å². The zero-order chi connectivity index (χ0) is 17.8. The Labute approximate surface area is 150 Å². The van der Waals surface area contributed by atoms with E-state index in [2.05, 4.69) is 67.1 Å². The summed E-state index contributed by atoms with van der Waals surface area (Å²) in [6.07, 6.45) is 2.92. The topological polar surface area (TPSA) is 29.3 Å². The van der Waals surface area contributed by atoms with Gasteiger partial charge in [-0.15, -0.1) is 0 Å². The highest BCUT2D eigenvalue weighted by atomic mass is 15.3. The molecule has 3 nitrogen and oxygen atoms in total. The van der Waals surface area contributed by atoms with Crippen molar-refractivity contribution < 1.29 is 0 Å². The molecule has 2 aromatic carbocycles. The van der Waals surface area contributed by atoms with Gasteiger partial charge in [0, 0.05) is 17.0 Å². The molecule has 0 aliphatic rings. The summed E-state index contributed by atoms with van der Waals surface area (Å²) in [6.45, 7) is 8.69. The first-order chi connectivity index (χ1) is 12.1. The molecule has 1 aromatic heterocycles. The third-order valence-electron chi connectivity index (χ3n) is 4.57. The molecule has 0 saturated heterocycles. The molecule has 0 aliphatic heterocycles. The van der Waals surface area contributed by atoms with Crippen molar-refractivity contribution in [1.82, 2.24) is 4.57 Å². The minimum atomic E-state index is 0.986. The molecule has 0 saturated carbocycles. The van der Waals surface area contributed by atoms with Crippen molar-refractivity contribution in [3.8, 4) is 5.69 Å². The second kappa shape index (κ2) is 7.39. The molecule has 0 atom stereocenters. The molecule has 128 valence electrons. The number of rotatable bonds is 5. The molecule has 0 radical (unpaired) electrons. The van der Waals surface area contributed by atoms with Crippen molar-refractivity contribution in [2.24, 2.45) is 5.10 Å². The molecule has 0 aliphatic carbocycles. The quantitative estimate of drug-likeness (QED) is 0.491. The van der Waals surface area contributed by atoms with Gasteiger partial charge in [0.2, 0.25) is 0 Å². The van der Waals surface area contributed by atoms with Gasteiger partial charge in [-0.3, -0.25) is 5.43 Å². The van der Waals surface area contributed by atoms with Gasteiger partial charge in [0.25, 0.3) is 0 Å². The maximum atomic E-state index is 4.40. The summed E-state index contributed by atoms with van der Waals surface area (Å²) < 4.78 is 2.35. The average molecular weight is 331 g/mol. The molecule has 0 bridgehead atoms. The molecule has 0 spiro atoms. The molecule has 3 heteroatoms. The Hall–Kier alpha value is -2.81. The SMILES string of the molecule is CCc1cccc(C)c1-n1c(C)cc(/C=N\Nc2ccccc2)c1C. The van der Waals surface area contributed by atoms with Crippen LogP contribution in [0.4, 0.5) is 5.69 Å². The summed E-state index contributed by atoms with van der Waals surface area (Å²) in [4.78, 5) is 0. The fourth-order valence-electron chi connectivity index (χ4n) is 3.28. The predicted octanol–water partition coefficient (Wildman–Crippen LogP) is 5.41. The average Bonchev–Trinajstić information content (AvgIpc) is 2.89. The first kappa shape index (κ1) is 17.0. The zero-order valence-corrected chi connectivity index (χ0v) is 15.4. The van der Waals surface area contributed by atoms with E-state index < -0.39 is 0 Å². The van der Waals surface area contributed by atoms with Crippen LogP contribution in [0.25, 0.3) is 5.69 Å². The largest absolute Gasteiger partial charge is 0.317 e. The van der Waals surface area contributed by atoms with Crippen molar-refractivity contribution in [2.45, 2.75) is 34.1 Å². The van der Waals surface area contributed by atoms with Crippen LogP contribution < -0.4 is 5.43 Å². The van der Waals surface area contributed by atoms with Crippen molar-refractivity contribution in [3.05, 3.63) is 82.7 Å². The van der Waals surface area contributed by atoms with Gasteiger partial charge in [0.15, 0.2) is 0 Å². The van der Waals surface area contributed by atoms with Gasteiger partial charge in [0.1, 0.15) is 0 Å². The van der Waals surface area contributed by atoms with Crippen LogP contribution in [0.5, 0.6) is 0 Å². The number of hydrazone groups is 1. The monoisotopic (exact) mass is 331 g/mol. The summed E-state index contributed by atoms with van der Waals surface area (Å²) in [5.74, 6) is 0. The highest BCUT2D eigenvalue weighted by molar-refractivity contribution is 5.83. The lowest BCUT2D eigenvalue weighted by Crippen LogP contribution is -2.05. The fraction of sp³-hybridized carbons (Fsp3) is 0.227. The summed E-state index contributed by atoms with van der Waals surface area (Å²) >= 11 is 0. The molecule has 0 amide bonds. The maximum Gasteiger partial charge on any atom is 0.0562 e. The Kier molecular flexibility index (Phi) is 5.03. The highest BCUT2D eigenvalue weighted by Crippen LogP contribution is 2.26. The zero-order valence-electron chi connectivity index (χ0n) is 15.4. The molecule has 0 fully saturated rings. The lowest BCUT2D eigenvalue weighted by atomic mass is 10.1. The fourth-order valence-corrected chi connectivity index (χ4v) is 3.28. The number of anilines is 1. The first-order valence-corrected chi connectivity index (χ1v) is 8.73. The summed E-state index contributed by atoms with van der Waals surface area (Å²) in [7, 11) is 0. The van der Waals surface area contributed by atoms with Crippen molar-refractivity contribution in [1.29, 1.82) is 0 Å². The minimum Gasteiger partial charge on any atom is -0.317 e. The number of benzene rings is 2. The Morgan fingerprint density at radius 1 is 1.00 bits per heavy atom. The van der Waals surface area contributed by atoms with Gasteiger partial charge in [-0.05, 0) is 56.5 Å². The van der Waals surface area contributed by atoms with Gasteiger partial charge >= 0.3 is 0 Å². The van der Waals surface area contributed by atoms with Crippen LogP contribution in [0, 0.1) is 20.8 Å². The van der Waals surface area contributed by atoms with E-state index in [0.717, 1.165) is 17.7 Å². The Morgan fingerprint density at radius 2 is 1.76 bits per heavy atom. The van der Waals surface area contributed by atoms with Gasteiger partial charge in [-0.1, -0.05) is 43.3 Å². The van der Waals surface area contributed by atoms with Gasteiger partial charge in [-0.2, -0.15) is 5.10 Å². The van der Waals surface area contributed by atoms with E-state index in [0.29, 0.717) is 0 Å². The molecular weight excluding hydrogens is 306 g/mol. The van der Waals surface area contributed by atoms with E-state index >= 15 is 0 Å². The lowest BCUT2D eigenvalue weighted by molar-refractivity contribution is 0.926. The molecule has 3 rings (SSSR count). The van der Waals surface area contributed by atoms with Crippen LogP contribution in [0.1, 0.15) is 35.0 Å². The Morgan fingerprint density at radius 3 is 2.48 bits per heavy atom. The van der Waals surface area contributed by atoms with Crippen LogP contribution >= 0.6 is 0 Å². The van der Waals surface area contributed by atoms with E-state index in [1.54, 1.807) is 0 Å². The van der Waals surface area contributed by atoms with Crippen LogP contribution in [0.2, 0.25) is 0 Å². The first-order valence-electron chi connectivity index (χ1n) is 8.73. The lowest BCUT2D eigenvalue weighted by Gasteiger charge is -2.17. The van der Waals surface area contributed by atoms with E-state index in [-0.39, 0.29) is 0 Å². The minimum absolute atomic E-state index is 0.986. The number of para-hydroxylation sites is 2. The number of hydrogen-bond donors (Lipinski definition) is 1. The molecule has 0 unspecified atom stereocenters. The molecule has 1 heterocycles. The van der Waals surface area contributed by atoms with Gasteiger partial charge in [0.05, 0.1) is 17.6 Å². The second-order valence-corrected chi connectivity index (χ2v) is 6.33. The van der Waals surface area contributed by atoms with E-state index in [4.69, 9.17) is 0 Å². The van der Waals surface area contributed by atoms with Crippen molar-refractivity contribution in [2.75, 3.05) is 5.43 Å². The van der Waals surface area contributed by atoms with Crippen molar-refractivity contribution >= 4 is 11.9 Å². The summed E-state index contributed by atoms with van der Waals surface area (Å²) in [5, 5.41) is 4.40. The number of nitrogens with zero attached hydrogens (tertiary/aromatic N) is 2. The predicted molar refractivity (Wildman–Crippen MR) is 107 cm³/mol. The van der Waals surface area contributed by atoms with E-state index in [1.807, 2.05) is 36.5 Å². The highest BCUT2D eigenvalue weighted by Gasteiger charge is 2.14. The van der Waals surface area contributed by atoms with Gasteiger partial charge in [-0.25, -0.2) is 0 Å². The maximum absolute atomic E-state index is 4.40. The Bertz CT molecular complexity index is 889. The third kappa shape index (κ3) is 3.50. The third-order valence-corrected chi connectivity index (χ3v) is 4.57. The van der Waals surface area contributed by atoms with Crippen LogP contribution in [0.15, 0.2) is 59.7 Å². The van der Waals surface area contributed by atoms with Crippen molar-refractivity contribution in [3.63, 3.8) is 0 Å².